The maximum Gasteiger partial charge on any atom is 0.326 e. The van der Waals surface area contributed by atoms with Crippen LogP contribution >= 0.6 is 0 Å². The Morgan fingerprint density at radius 2 is 1.69 bits per heavy atom. The molecule has 12 nitrogen and oxygen atoms in total. The number of aliphatic carboxylic acids is 2. The zero-order chi connectivity index (χ0) is 26.4. The van der Waals surface area contributed by atoms with Gasteiger partial charge >= 0.3 is 11.9 Å². The smallest absolute Gasteiger partial charge is 0.326 e. The van der Waals surface area contributed by atoms with Crippen LogP contribution in [0.15, 0.2) is 36.1 Å². The highest BCUT2D eigenvalue weighted by molar-refractivity contribution is 6.14. The van der Waals surface area contributed by atoms with E-state index in [1.54, 1.807) is 12.1 Å². The number of hydrogen-bond donors (Lipinski definition) is 3. The van der Waals surface area contributed by atoms with Crippen molar-refractivity contribution in [3.05, 3.63) is 47.2 Å². The van der Waals surface area contributed by atoms with Crippen LogP contribution in [0.25, 0.3) is 6.08 Å². The third-order valence-electron chi connectivity index (χ3n) is 5.01. The molecule has 1 aliphatic heterocycles. The molecule has 2 aromatic carbocycles. The van der Waals surface area contributed by atoms with Gasteiger partial charge in [-0.2, -0.15) is 0 Å². The lowest BCUT2D eigenvalue weighted by Crippen LogP contribution is -2.44. The van der Waals surface area contributed by atoms with E-state index in [2.05, 4.69) is 5.32 Å². The van der Waals surface area contributed by atoms with Gasteiger partial charge in [-0.25, -0.2) is 4.79 Å². The maximum atomic E-state index is 12.8. The SMILES string of the molecule is COc1cc(C=C2Oc3cc(OCC(=O)N[C@@H](CC(=O)O)C(=O)O)ccc3C2=O)cc(OC)c1OC. The molecule has 36 heavy (non-hydrogen) atoms. The number of ketones is 1. The van der Waals surface area contributed by atoms with Crippen LogP contribution in [0.4, 0.5) is 0 Å². The number of benzene rings is 2. The van der Waals surface area contributed by atoms with E-state index in [1.165, 1.54) is 45.6 Å². The minimum absolute atomic E-state index is 0.0344. The Bertz CT molecular complexity index is 1210. The number of ether oxygens (including phenoxy) is 5. The van der Waals surface area contributed by atoms with Gasteiger partial charge in [-0.1, -0.05) is 0 Å². The number of amides is 1. The number of carboxylic acid groups (broad SMARTS) is 2. The lowest BCUT2D eigenvalue weighted by atomic mass is 10.1. The minimum Gasteiger partial charge on any atom is -0.493 e. The van der Waals surface area contributed by atoms with E-state index >= 15 is 0 Å². The van der Waals surface area contributed by atoms with Crippen LogP contribution < -0.4 is 29.0 Å². The fourth-order valence-corrected chi connectivity index (χ4v) is 3.35. The molecule has 0 saturated carbocycles. The van der Waals surface area contributed by atoms with Crippen molar-refractivity contribution in [2.24, 2.45) is 0 Å². The molecule has 2 aromatic rings. The summed E-state index contributed by atoms with van der Waals surface area (Å²) in [5.74, 6) is -2.46. The Balaban J connectivity index is 1.72. The lowest BCUT2D eigenvalue weighted by Gasteiger charge is -2.13. The number of allylic oxidation sites excluding steroid dienone is 1. The van der Waals surface area contributed by atoms with Gasteiger partial charge in [0.1, 0.15) is 17.5 Å². The second-order valence-corrected chi connectivity index (χ2v) is 7.40. The highest BCUT2D eigenvalue weighted by Gasteiger charge is 2.28. The lowest BCUT2D eigenvalue weighted by molar-refractivity contribution is -0.147. The number of carboxylic acids is 2. The van der Waals surface area contributed by atoms with Crippen molar-refractivity contribution in [1.29, 1.82) is 0 Å². The highest BCUT2D eigenvalue weighted by atomic mass is 16.5. The molecule has 0 radical (unpaired) electrons. The van der Waals surface area contributed by atoms with Gasteiger partial charge in [0.15, 0.2) is 23.9 Å². The molecule has 3 rings (SSSR count). The van der Waals surface area contributed by atoms with Gasteiger partial charge in [0.25, 0.3) is 5.91 Å². The molecule has 0 saturated heterocycles. The minimum atomic E-state index is -1.59. The van der Waals surface area contributed by atoms with Crippen molar-refractivity contribution in [3.8, 4) is 28.7 Å². The summed E-state index contributed by atoms with van der Waals surface area (Å²) >= 11 is 0. The second-order valence-electron chi connectivity index (χ2n) is 7.40. The Labute approximate surface area is 205 Å². The first-order valence-corrected chi connectivity index (χ1v) is 10.4. The number of carbonyl (C=O) groups is 4. The Morgan fingerprint density at radius 3 is 2.25 bits per heavy atom. The molecule has 1 amide bonds. The molecule has 3 N–H and O–H groups in total. The van der Waals surface area contributed by atoms with Crippen molar-refractivity contribution in [1.82, 2.24) is 5.32 Å². The van der Waals surface area contributed by atoms with Crippen LogP contribution in [0.1, 0.15) is 22.3 Å². The molecule has 0 unspecified atom stereocenters. The molecule has 1 aliphatic rings. The summed E-state index contributed by atoms with van der Waals surface area (Å²) in [5.41, 5.74) is 0.834. The highest BCUT2D eigenvalue weighted by Crippen LogP contribution is 2.40. The van der Waals surface area contributed by atoms with Crippen LogP contribution in [0.3, 0.4) is 0 Å². The van der Waals surface area contributed by atoms with E-state index in [4.69, 9.17) is 33.9 Å². The maximum absolute atomic E-state index is 12.8. The number of carbonyl (C=O) groups excluding carboxylic acids is 2. The fraction of sp³-hybridized carbons (Fsp3) is 0.250. The molecule has 1 heterocycles. The van der Waals surface area contributed by atoms with Crippen LogP contribution in [0.5, 0.6) is 28.7 Å². The molecule has 0 fully saturated rings. The van der Waals surface area contributed by atoms with Gasteiger partial charge in [-0.05, 0) is 35.9 Å². The van der Waals surface area contributed by atoms with Crippen molar-refractivity contribution in [2.75, 3.05) is 27.9 Å². The zero-order valence-corrected chi connectivity index (χ0v) is 19.5. The normalized spacial score (nSPS) is 13.9. The fourth-order valence-electron chi connectivity index (χ4n) is 3.35. The summed E-state index contributed by atoms with van der Waals surface area (Å²) in [7, 11) is 4.41. The van der Waals surface area contributed by atoms with Gasteiger partial charge in [0, 0.05) is 6.07 Å². The first-order chi connectivity index (χ1) is 17.2. The molecule has 0 bridgehead atoms. The van der Waals surface area contributed by atoms with E-state index in [0.29, 0.717) is 22.8 Å². The van der Waals surface area contributed by atoms with Crippen molar-refractivity contribution >= 4 is 29.7 Å². The Hall–Kier alpha value is -4.74. The third kappa shape index (κ3) is 5.84. The first-order valence-electron chi connectivity index (χ1n) is 10.4. The van der Waals surface area contributed by atoms with Crippen molar-refractivity contribution in [3.63, 3.8) is 0 Å². The molecule has 0 spiro atoms. The van der Waals surface area contributed by atoms with Crippen molar-refractivity contribution in [2.45, 2.75) is 12.5 Å². The summed E-state index contributed by atoms with van der Waals surface area (Å²) in [6.45, 7) is -0.579. The van der Waals surface area contributed by atoms with Crippen LogP contribution in [0.2, 0.25) is 0 Å². The summed E-state index contributed by atoms with van der Waals surface area (Å²) in [6, 6.07) is 6.02. The molecule has 0 aliphatic carbocycles. The van der Waals surface area contributed by atoms with E-state index in [9.17, 15) is 19.2 Å². The van der Waals surface area contributed by atoms with Crippen molar-refractivity contribution < 1.29 is 53.1 Å². The average molecular weight is 501 g/mol. The Morgan fingerprint density at radius 1 is 1.03 bits per heavy atom. The van der Waals surface area contributed by atoms with Gasteiger partial charge in [0.05, 0.1) is 33.3 Å². The van der Waals surface area contributed by atoms with Crippen LogP contribution in [-0.4, -0.2) is 67.8 Å². The molecule has 190 valence electrons. The summed E-state index contributed by atoms with van der Waals surface area (Å²) in [6.07, 6.45) is 0.728. The van der Waals surface area contributed by atoms with E-state index in [-0.39, 0.29) is 28.6 Å². The number of fused-ring (bicyclic) bond motifs is 1. The van der Waals surface area contributed by atoms with E-state index < -0.39 is 36.9 Å². The van der Waals surface area contributed by atoms with Gasteiger partial charge in [0.2, 0.25) is 11.5 Å². The second kappa shape index (κ2) is 11.1. The van der Waals surface area contributed by atoms with Gasteiger partial charge < -0.3 is 39.2 Å². The number of hydrogen-bond acceptors (Lipinski definition) is 9. The van der Waals surface area contributed by atoms with E-state index in [1.807, 2.05) is 0 Å². The Kier molecular flexibility index (Phi) is 8.00. The van der Waals surface area contributed by atoms with Gasteiger partial charge in [-0.3, -0.25) is 14.4 Å². The molecular formula is C24H23NO11. The standard InChI is InChI=1S/C24H23NO11/c1-32-18-7-12(8-19(33-2)23(18)34-3)6-17-22(29)14-5-4-13(9-16(14)36-17)35-11-20(26)25-15(24(30)31)10-21(27)28/h4-9,15H,10-11H2,1-3H3,(H,25,26)(H,27,28)(H,30,31)/t15-/m0/s1. The average Bonchev–Trinajstić information content (AvgIpc) is 3.15. The molecular weight excluding hydrogens is 478 g/mol. The third-order valence-corrected chi connectivity index (χ3v) is 5.01. The zero-order valence-electron chi connectivity index (χ0n) is 19.5. The first kappa shape index (κ1) is 25.9. The summed E-state index contributed by atoms with van der Waals surface area (Å²) in [4.78, 5) is 46.6. The summed E-state index contributed by atoms with van der Waals surface area (Å²) in [5, 5.41) is 19.8. The number of methoxy groups -OCH3 is 3. The monoisotopic (exact) mass is 501 g/mol. The van der Waals surface area contributed by atoms with E-state index in [0.717, 1.165) is 0 Å². The van der Waals surface area contributed by atoms with Gasteiger partial charge in [-0.15, -0.1) is 0 Å². The number of rotatable bonds is 11. The quantitative estimate of drug-likeness (QED) is 0.384. The molecule has 0 aromatic heterocycles. The largest absolute Gasteiger partial charge is 0.493 e. The molecule has 1 atom stereocenters. The predicted molar refractivity (Wildman–Crippen MR) is 123 cm³/mol. The number of Topliss-reactive ketones (excluding diaryl/α,β-unsaturated/α-hetero) is 1. The molecule has 12 heteroatoms. The van der Waals surface area contributed by atoms with Crippen LogP contribution in [0, 0.1) is 0 Å². The summed E-state index contributed by atoms with van der Waals surface area (Å²) < 4.78 is 27.0. The predicted octanol–water partition coefficient (Wildman–Crippen LogP) is 1.75. The topological polar surface area (TPSA) is 167 Å². The van der Waals surface area contributed by atoms with Crippen LogP contribution in [-0.2, 0) is 14.4 Å². The number of nitrogens with one attached hydrogen (secondary N) is 1.